The largest absolute Gasteiger partial charge is 0.369 e. The summed E-state index contributed by atoms with van der Waals surface area (Å²) in [6.07, 6.45) is 3.93. The summed E-state index contributed by atoms with van der Waals surface area (Å²) in [7, 11) is 0. The van der Waals surface area contributed by atoms with Crippen LogP contribution in [0.1, 0.15) is 25.3 Å². The lowest BCUT2D eigenvalue weighted by molar-refractivity contribution is -0.385. The summed E-state index contributed by atoms with van der Waals surface area (Å²) in [6.45, 7) is 6.77. The molecule has 0 radical (unpaired) electrons. The van der Waals surface area contributed by atoms with Gasteiger partial charge in [0.2, 0.25) is 0 Å². The van der Waals surface area contributed by atoms with Crippen LogP contribution in [-0.4, -0.2) is 40.5 Å². The highest BCUT2D eigenvalue weighted by atomic mass is 16.6. The summed E-state index contributed by atoms with van der Waals surface area (Å²) in [5.41, 5.74) is 0.704. The molecule has 0 unspecified atom stereocenters. The van der Waals surface area contributed by atoms with E-state index in [0.717, 1.165) is 25.7 Å². The first-order valence-electron chi connectivity index (χ1n) is 6.70. The van der Waals surface area contributed by atoms with E-state index in [1.165, 1.54) is 19.0 Å². The summed E-state index contributed by atoms with van der Waals surface area (Å²) in [5.74, 6) is 0.704. The summed E-state index contributed by atoms with van der Waals surface area (Å²) in [6, 6.07) is 2.49. The summed E-state index contributed by atoms with van der Waals surface area (Å²) >= 11 is 0. The maximum atomic E-state index is 10.7. The van der Waals surface area contributed by atoms with Crippen molar-refractivity contribution >= 4 is 11.5 Å². The number of rotatable bonds is 7. The average Bonchev–Trinajstić information content (AvgIpc) is 3.18. The monoisotopic (exact) mass is 264 g/mol. The molecule has 1 N–H and O–H groups in total. The van der Waals surface area contributed by atoms with Crippen molar-refractivity contribution in [2.45, 2.75) is 32.7 Å². The first-order valence-corrected chi connectivity index (χ1v) is 6.70. The van der Waals surface area contributed by atoms with Gasteiger partial charge in [0, 0.05) is 24.7 Å². The van der Waals surface area contributed by atoms with Crippen molar-refractivity contribution in [1.29, 1.82) is 0 Å². The average molecular weight is 264 g/mol. The Bertz CT molecular complexity index is 460. The van der Waals surface area contributed by atoms with Crippen molar-refractivity contribution < 1.29 is 4.92 Å². The first kappa shape index (κ1) is 13.7. The molecule has 1 aliphatic rings. The number of anilines is 1. The van der Waals surface area contributed by atoms with Crippen molar-refractivity contribution in [3.8, 4) is 0 Å². The number of pyridine rings is 1. The Hall–Kier alpha value is -1.69. The molecule has 6 heteroatoms. The highest BCUT2D eigenvalue weighted by Gasteiger charge is 2.27. The lowest BCUT2D eigenvalue weighted by Crippen LogP contribution is -2.31. The van der Waals surface area contributed by atoms with Crippen molar-refractivity contribution in [2.24, 2.45) is 0 Å². The SMILES string of the molecule is CCN(CCNc1cc(C)c([N+](=O)[O-])cn1)C1CC1. The van der Waals surface area contributed by atoms with Crippen molar-refractivity contribution in [3.05, 3.63) is 27.9 Å². The van der Waals surface area contributed by atoms with Crippen molar-refractivity contribution in [1.82, 2.24) is 9.88 Å². The third-order valence-electron chi connectivity index (χ3n) is 3.45. The van der Waals surface area contributed by atoms with E-state index in [2.05, 4.69) is 22.1 Å². The maximum Gasteiger partial charge on any atom is 0.290 e. The second-order valence-electron chi connectivity index (χ2n) is 4.90. The Balaban J connectivity index is 1.85. The molecule has 0 spiro atoms. The summed E-state index contributed by atoms with van der Waals surface area (Å²) in [5, 5.41) is 13.9. The quantitative estimate of drug-likeness (QED) is 0.604. The third-order valence-corrected chi connectivity index (χ3v) is 3.45. The Morgan fingerprint density at radius 2 is 2.32 bits per heavy atom. The molecule has 2 rings (SSSR count). The molecular formula is C13H20N4O2. The van der Waals surface area contributed by atoms with Crippen LogP contribution < -0.4 is 5.32 Å². The number of likely N-dealkylation sites (N-methyl/N-ethyl adjacent to an activating group) is 1. The van der Waals surface area contributed by atoms with E-state index >= 15 is 0 Å². The number of hydrogen-bond acceptors (Lipinski definition) is 5. The lowest BCUT2D eigenvalue weighted by atomic mass is 10.2. The highest BCUT2D eigenvalue weighted by molar-refractivity contribution is 5.46. The Morgan fingerprint density at radius 1 is 1.58 bits per heavy atom. The molecule has 0 aromatic carbocycles. The van der Waals surface area contributed by atoms with Crippen molar-refractivity contribution in [3.63, 3.8) is 0 Å². The molecule has 1 aromatic heterocycles. The normalized spacial score (nSPS) is 14.7. The molecule has 19 heavy (non-hydrogen) atoms. The number of nitrogens with zero attached hydrogens (tertiary/aromatic N) is 3. The van der Waals surface area contributed by atoms with Gasteiger partial charge in [-0.25, -0.2) is 4.98 Å². The van der Waals surface area contributed by atoms with Gasteiger partial charge in [-0.05, 0) is 32.4 Å². The number of hydrogen-bond donors (Lipinski definition) is 1. The second-order valence-corrected chi connectivity index (χ2v) is 4.90. The number of nitro groups is 1. The van der Waals surface area contributed by atoms with E-state index in [1.807, 2.05) is 0 Å². The van der Waals surface area contributed by atoms with Crippen LogP contribution in [0.15, 0.2) is 12.3 Å². The van der Waals surface area contributed by atoms with Gasteiger partial charge in [-0.15, -0.1) is 0 Å². The summed E-state index contributed by atoms with van der Waals surface area (Å²) in [4.78, 5) is 16.8. The minimum Gasteiger partial charge on any atom is -0.369 e. The summed E-state index contributed by atoms with van der Waals surface area (Å²) < 4.78 is 0. The molecule has 0 atom stereocenters. The molecule has 6 nitrogen and oxygen atoms in total. The van der Waals surface area contributed by atoms with Gasteiger partial charge in [0.05, 0.1) is 4.92 Å². The van der Waals surface area contributed by atoms with Crippen LogP contribution in [0.5, 0.6) is 0 Å². The van der Waals surface area contributed by atoms with Crippen LogP contribution in [0.4, 0.5) is 11.5 Å². The molecule has 0 aliphatic heterocycles. The van der Waals surface area contributed by atoms with E-state index in [0.29, 0.717) is 11.4 Å². The standard InChI is InChI=1S/C13H20N4O2/c1-3-16(11-4-5-11)7-6-14-13-8-10(2)12(9-15-13)17(18)19/h8-9,11H,3-7H2,1-2H3,(H,14,15). The molecule has 0 bridgehead atoms. The van der Waals surface area contributed by atoms with Gasteiger partial charge in [0.25, 0.3) is 5.69 Å². The van der Waals surface area contributed by atoms with E-state index in [9.17, 15) is 10.1 Å². The van der Waals surface area contributed by atoms with E-state index in [1.54, 1.807) is 13.0 Å². The van der Waals surface area contributed by atoms with E-state index < -0.39 is 4.92 Å². The fraction of sp³-hybridized carbons (Fsp3) is 0.615. The van der Waals surface area contributed by atoms with Gasteiger partial charge in [-0.3, -0.25) is 15.0 Å². The molecule has 1 aliphatic carbocycles. The number of aryl methyl sites for hydroxylation is 1. The lowest BCUT2D eigenvalue weighted by Gasteiger charge is -2.19. The van der Waals surface area contributed by atoms with Crippen LogP contribution in [-0.2, 0) is 0 Å². The Morgan fingerprint density at radius 3 is 2.84 bits per heavy atom. The van der Waals surface area contributed by atoms with Gasteiger partial charge in [-0.2, -0.15) is 0 Å². The molecular weight excluding hydrogens is 244 g/mol. The fourth-order valence-electron chi connectivity index (χ4n) is 2.20. The van der Waals surface area contributed by atoms with Gasteiger partial charge < -0.3 is 5.32 Å². The molecule has 1 heterocycles. The van der Waals surface area contributed by atoms with Crippen LogP contribution in [0.25, 0.3) is 0 Å². The zero-order valence-electron chi connectivity index (χ0n) is 11.4. The fourth-order valence-corrected chi connectivity index (χ4v) is 2.20. The first-order chi connectivity index (χ1) is 9.11. The smallest absolute Gasteiger partial charge is 0.290 e. The Labute approximate surface area is 113 Å². The van der Waals surface area contributed by atoms with E-state index in [4.69, 9.17) is 0 Å². The molecule has 1 saturated carbocycles. The van der Waals surface area contributed by atoms with Gasteiger partial charge in [-0.1, -0.05) is 6.92 Å². The minimum atomic E-state index is -0.405. The second kappa shape index (κ2) is 5.97. The molecule has 1 aromatic rings. The predicted octanol–water partition coefficient (Wildman–Crippen LogP) is 2.19. The Kier molecular flexibility index (Phi) is 4.31. The van der Waals surface area contributed by atoms with Gasteiger partial charge in [0.1, 0.15) is 12.0 Å². The van der Waals surface area contributed by atoms with Crippen LogP contribution in [0.2, 0.25) is 0 Å². The zero-order valence-corrected chi connectivity index (χ0v) is 11.4. The maximum absolute atomic E-state index is 10.7. The van der Waals surface area contributed by atoms with Crippen molar-refractivity contribution in [2.75, 3.05) is 25.0 Å². The van der Waals surface area contributed by atoms with Crippen LogP contribution in [0.3, 0.4) is 0 Å². The highest BCUT2D eigenvalue weighted by Crippen LogP contribution is 2.26. The predicted molar refractivity (Wildman–Crippen MR) is 74.4 cm³/mol. The van der Waals surface area contributed by atoms with Crippen LogP contribution >= 0.6 is 0 Å². The minimum absolute atomic E-state index is 0.0683. The molecule has 104 valence electrons. The van der Waals surface area contributed by atoms with E-state index in [-0.39, 0.29) is 5.69 Å². The van der Waals surface area contributed by atoms with Gasteiger partial charge >= 0.3 is 0 Å². The topological polar surface area (TPSA) is 71.3 Å². The van der Waals surface area contributed by atoms with Gasteiger partial charge in [0.15, 0.2) is 0 Å². The molecule has 0 amide bonds. The third kappa shape index (κ3) is 3.64. The molecule has 1 fully saturated rings. The number of aromatic nitrogens is 1. The number of nitrogens with one attached hydrogen (secondary N) is 1. The molecule has 0 saturated heterocycles. The van der Waals surface area contributed by atoms with Crippen LogP contribution in [0, 0.1) is 17.0 Å². The zero-order chi connectivity index (χ0) is 13.8.